The van der Waals surface area contributed by atoms with E-state index in [-0.39, 0.29) is 5.91 Å². The number of nitrogens with one attached hydrogen (secondary N) is 2. The smallest absolute Gasteiger partial charge is 0.257 e. The highest BCUT2D eigenvalue weighted by Crippen LogP contribution is 2.27. The second kappa shape index (κ2) is 3.94. The van der Waals surface area contributed by atoms with Crippen LogP contribution in [0, 0.1) is 0 Å². The molecule has 1 saturated heterocycles. The van der Waals surface area contributed by atoms with E-state index in [2.05, 4.69) is 31.4 Å². The van der Waals surface area contributed by atoms with Gasteiger partial charge < -0.3 is 10.1 Å². The Hall–Kier alpha value is -0.880. The van der Waals surface area contributed by atoms with Gasteiger partial charge in [0.15, 0.2) is 0 Å². The Morgan fingerprint density at radius 2 is 2.60 bits per heavy atom. The van der Waals surface area contributed by atoms with Crippen LogP contribution in [-0.4, -0.2) is 28.3 Å². The molecule has 5 nitrogen and oxygen atoms in total. The third kappa shape index (κ3) is 2.05. The number of aromatic amines is 1. The molecule has 6 heteroatoms. The van der Waals surface area contributed by atoms with Crippen LogP contribution >= 0.6 is 15.9 Å². The van der Waals surface area contributed by atoms with Crippen molar-refractivity contribution in [3.05, 3.63) is 10.7 Å². The predicted octanol–water partition coefficient (Wildman–Crippen LogP) is 1.68. The molecular formula is C9H12BrN3O2. The van der Waals surface area contributed by atoms with Crippen molar-refractivity contribution in [2.24, 2.45) is 0 Å². The van der Waals surface area contributed by atoms with Crippen LogP contribution in [-0.2, 0) is 9.53 Å². The predicted molar refractivity (Wildman–Crippen MR) is 58.5 cm³/mol. The van der Waals surface area contributed by atoms with Crippen molar-refractivity contribution in [1.82, 2.24) is 10.2 Å². The number of halogens is 1. The minimum atomic E-state index is -0.704. The highest BCUT2D eigenvalue weighted by molar-refractivity contribution is 9.10. The summed E-state index contributed by atoms with van der Waals surface area (Å²) in [5.74, 6) is 0.432. The molecule has 0 aromatic carbocycles. The van der Waals surface area contributed by atoms with E-state index in [4.69, 9.17) is 4.74 Å². The number of ether oxygens (including phenoxy) is 1. The number of carbonyl (C=O) groups excluding carboxylic acids is 1. The Balaban J connectivity index is 2.07. The first-order valence-electron chi connectivity index (χ1n) is 4.76. The lowest BCUT2D eigenvalue weighted by molar-refractivity contribution is -0.133. The first-order valence-corrected chi connectivity index (χ1v) is 5.55. The van der Waals surface area contributed by atoms with Crippen LogP contribution in [0.25, 0.3) is 0 Å². The maximum absolute atomic E-state index is 11.9. The molecule has 1 aromatic rings. The average Bonchev–Trinajstić information content (AvgIpc) is 2.78. The van der Waals surface area contributed by atoms with Gasteiger partial charge >= 0.3 is 0 Å². The van der Waals surface area contributed by atoms with Gasteiger partial charge in [0.25, 0.3) is 5.91 Å². The third-order valence-electron chi connectivity index (χ3n) is 2.53. The Kier molecular flexibility index (Phi) is 2.79. The zero-order valence-corrected chi connectivity index (χ0v) is 9.93. The lowest BCUT2D eigenvalue weighted by atomic mass is 10.0. The lowest BCUT2D eigenvalue weighted by Gasteiger charge is -2.21. The number of aromatic nitrogens is 2. The zero-order chi connectivity index (χ0) is 10.9. The van der Waals surface area contributed by atoms with E-state index >= 15 is 0 Å². The summed E-state index contributed by atoms with van der Waals surface area (Å²) < 4.78 is 6.16. The van der Waals surface area contributed by atoms with E-state index in [1.807, 2.05) is 0 Å². The number of rotatable bonds is 2. The molecule has 0 spiro atoms. The summed E-state index contributed by atoms with van der Waals surface area (Å²) in [7, 11) is 0. The van der Waals surface area contributed by atoms with Gasteiger partial charge in [-0.25, -0.2) is 0 Å². The SMILES string of the molecule is C[C@]1(C(=O)Nc2[nH]ncc2Br)CCCO1. The summed E-state index contributed by atoms with van der Waals surface area (Å²) in [6.07, 6.45) is 3.27. The molecule has 1 aliphatic heterocycles. The molecule has 15 heavy (non-hydrogen) atoms. The van der Waals surface area contributed by atoms with Crippen molar-refractivity contribution in [2.45, 2.75) is 25.4 Å². The fraction of sp³-hybridized carbons (Fsp3) is 0.556. The second-order valence-corrected chi connectivity index (χ2v) is 4.58. The highest BCUT2D eigenvalue weighted by atomic mass is 79.9. The Morgan fingerprint density at radius 3 is 3.13 bits per heavy atom. The summed E-state index contributed by atoms with van der Waals surface area (Å²) in [5.41, 5.74) is -0.704. The fourth-order valence-electron chi connectivity index (χ4n) is 1.56. The van der Waals surface area contributed by atoms with Crippen molar-refractivity contribution in [2.75, 3.05) is 11.9 Å². The normalized spacial score (nSPS) is 25.5. The quantitative estimate of drug-likeness (QED) is 0.862. The summed E-state index contributed by atoms with van der Waals surface area (Å²) >= 11 is 3.27. The molecule has 0 unspecified atom stereocenters. The number of carbonyl (C=O) groups is 1. The minimum Gasteiger partial charge on any atom is -0.365 e. The molecule has 1 amide bonds. The van der Waals surface area contributed by atoms with E-state index < -0.39 is 5.60 Å². The van der Waals surface area contributed by atoms with Crippen LogP contribution in [0.15, 0.2) is 10.7 Å². The van der Waals surface area contributed by atoms with E-state index in [1.165, 1.54) is 0 Å². The number of nitrogens with zero attached hydrogens (tertiary/aromatic N) is 1. The Morgan fingerprint density at radius 1 is 1.80 bits per heavy atom. The van der Waals surface area contributed by atoms with Gasteiger partial charge in [0.2, 0.25) is 0 Å². The van der Waals surface area contributed by atoms with E-state index in [0.29, 0.717) is 12.4 Å². The fourth-order valence-corrected chi connectivity index (χ4v) is 1.85. The van der Waals surface area contributed by atoms with Gasteiger partial charge in [-0.05, 0) is 35.7 Å². The molecule has 0 aliphatic carbocycles. The molecule has 2 N–H and O–H groups in total. The van der Waals surface area contributed by atoms with Crippen LogP contribution in [0.1, 0.15) is 19.8 Å². The minimum absolute atomic E-state index is 0.134. The number of hydrogen-bond acceptors (Lipinski definition) is 3. The molecule has 0 bridgehead atoms. The average molecular weight is 274 g/mol. The van der Waals surface area contributed by atoms with Crippen molar-refractivity contribution in [1.29, 1.82) is 0 Å². The number of amides is 1. The highest BCUT2D eigenvalue weighted by Gasteiger charge is 2.38. The standard InChI is InChI=1S/C9H12BrN3O2/c1-9(3-2-4-15-9)8(14)12-7-6(10)5-11-13-7/h5H,2-4H2,1H3,(H2,11,12,13,14)/t9-/m1/s1. The zero-order valence-electron chi connectivity index (χ0n) is 8.34. The van der Waals surface area contributed by atoms with E-state index in [0.717, 1.165) is 17.3 Å². The number of anilines is 1. The molecule has 1 aromatic heterocycles. The maximum atomic E-state index is 11.9. The van der Waals surface area contributed by atoms with Crippen molar-refractivity contribution < 1.29 is 9.53 Å². The van der Waals surface area contributed by atoms with Crippen LogP contribution in [0.5, 0.6) is 0 Å². The largest absolute Gasteiger partial charge is 0.365 e. The molecule has 0 radical (unpaired) electrons. The molecule has 82 valence electrons. The van der Waals surface area contributed by atoms with Gasteiger partial charge in [0, 0.05) is 6.61 Å². The molecule has 1 fully saturated rings. The summed E-state index contributed by atoms with van der Waals surface area (Å²) in [6.45, 7) is 2.45. The Labute approximate surface area is 95.7 Å². The van der Waals surface area contributed by atoms with Gasteiger partial charge in [-0.3, -0.25) is 9.89 Å². The molecule has 2 rings (SSSR count). The molecule has 1 atom stereocenters. The topological polar surface area (TPSA) is 67.0 Å². The summed E-state index contributed by atoms with van der Waals surface area (Å²) in [4.78, 5) is 11.9. The van der Waals surface area contributed by atoms with Crippen LogP contribution in [0.3, 0.4) is 0 Å². The van der Waals surface area contributed by atoms with Crippen molar-refractivity contribution in [3.63, 3.8) is 0 Å². The van der Waals surface area contributed by atoms with E-state index in [9.17, 15) is 4.79 Å². The summed E-state index contributed by atoms with van der Waals surface area (Å²) in [5, 5.41) is 9.23. The maximum Gasteiger partial charge on any atom is 0.257 e. The monoisotopic (exact) mass is 273 g/mol. The lowest BCUT2D eigenvalue weighted by Crippen LogP contribution is -2.39. The van der Waals surface area contributed by atoms with Gasteiger partial charge in [-0.2, -0.15) is 5.10 Å². The van der Waals surface area contributed by atoms with Crippen molar-refractivity contribution in [3.8, 4) is 0 Å². The third-order valence-corrected chi connectivity index (χ3v) is 3.13. The molecule has 2 heterocycles. The van der Waals surface area contributed by atoms with Crippen LogP contribution < -0.4 is 5.32 Å². The van der Waals surface area contributed by atoms with Crippen molar-refractivity contribution >= 4 is 27.7 Å². The van der Waals surface area contributed by atoms with Gasteiger partial charge in [0.05, 0.1) is 10.7 Å². The van der Waals surface area contributed by atoms with Gasteiger partial charge in [-0.1, -0.05) is 0 Å². The van der Waals surface area contributed by atoms with Crippen LogP contribution in [0.2, 0.25) is 0 Å². The van der Waals surface area contributed by atoms with Gasteiger partial charge in [0.1, 0.15) is 11.4 Å². The van der Waals surface area contributed by atoms with Crippen LogP contribution in [0.4, 0.5) is 5.82 Å². The second-order valence-electron chi connectivity index (χ2n) is 3.73. The first-order chi connectivity index (χ1) is 7.12. The van der Waals surface area contributed by atoms with E-state index in [1.54, 1.807) is 13.1 Å². The molecule has 1 aliphatic rings. The molecular weight excluding hydrogens is 262 g/mol. The van der Waals surface area contributed by atoms with Gasteiger partial charge in [-0.15, -0.1) is 0 Å². The number of hydrogen-bond donors (Lipinski definition) is 2. The Bertz CT molecular complexity index is 371. The number of H-pyrrole nitrogens is 1. The molecule has 0 saturated carbocycles. The first kappa shape index (κ1) is 10.6. The summed E-state index contributed by atoms with van der Waals surface area (Å²) in [6, 6.07) is 0.